The lowest BCUT2D eigenvalue weighted by Crippen LogP contribution is -2.04. The second-order valence-electron chi connectivity index (χ2n) is 3.63. The molecular weight excluding hydrogens is 220 g/mol. The van der Waals surface area contributed by atoms with Crippen LogP contribution in [0.25, 0.3) is 21.8 Å². The molecule has 2 N–H and O–H groups in total. The Balaban J connectivity index is 2.59. The number of nitrogens with one attached hydrogen (secondary N) is 2. The molecule has 80 valence electrons. The Labute approximate surface area is 95.9 Å². The van der Waals surface area contributed by atoms with Crippen molar-refractivity contribution in [2.24, 2.45) is 0 Å². The van der Waals surface area contributed by atoms with Gasteiger partial charge in [0.1, 0.15) is 0 Å². The zero-order valence-corrected chi connectivity index (χ0v) is 9.52. The van der Waals surface area contributed by atoms with E-state index in [-0.39, 0.29) is 5.56 Å². The Kier molecular flexibility index (Phi) is 2.04. The maximum Gasteiger partial charge on any atom is 0.249 e. The molecular formula is C12H10N2OS. The summed E-state index contributed by atoms with van der Waals surface area (Å²) < 4.78 is 0. The zero-order valence-electron chi connectivity index (χ0n) is 8.70. The molecule has 0 radical (unpaired) electrons. The van der Waals surface area contributed by atoms with Crippen LogP contribution in [0.1, 0.15) is 0 Å². The molecule has 0 aliphatic heterocycles. The minimum Gasteiger partial charge on any atom is -0.352 e. The Bertz CT molecular complexity index is 727. The number of hydrogen-bond donors (Lipinski definition) is 2. The summed E-state index contributed by atoms with van der Waals surface area (Å²) in [4.78, 5) is 17.7. The molecule has 0 saturated carbocycles. The third-order valence-corrected chi connectivity index (χ3v) is 3.40. The summed E-state index contributed by atoms with van der Waals surface area (Å²) in [6, 6.07) is 9.66. The molecule has 1 aromatic carbocycles. The van der Waals surface area contributed by atoms with E-state index in [1.807, 2.05) is 30.5 Å². The molecule has 0 spiro atoms. The van der Waals surface area contributed by atoms with Gasteiger partial charge in [0.2, 0.25) is 5.56 Å². The Morgan fingerprint density at radius 1 is 1.12 bits per heavy atom. The van der Waals surface area contributed by atoms with Crippen LogP contribution in [0.4, 0.5) is 0 Å². The van der Waals surface area contributed by atoms with Crippen molar-refractivity contribution in [3.05, 3.63) is 40.7 Å². The quantitative estimate of drug-likeness (QED) is 0.631. The second-order valence-corrected chi connectivity index (χ2v) is 4.44. The molecule has 2 heterocycles. The van der Waals surface area contributed by atoms with Gasteiger partial charge in [0.25, 0.3) is 0 Å². The van der Waals surface area contributed by atoms with Gasteiger partial charge in [-0.3, -0.25) is 4.79 Å². The minimum absolute atomic E-state index is 0.0541. The fraction of sp³-hybridized carbons (Fsp3) is 0.0833. The largest absolute Gasteiger partial charge is 0.352 e. The van der Waals surface area contributed by atoms with Crippen LogP contribution in [0.2, 0.25) is 0 Å². The topological polar surface area (TPSA) is 48.6 Å². The first-order chi connectivity index (χ1) is 7.79. The summed E-state index contributed by atoms with van der Waals surface area (Å²) in [6.45, 7) is 0. The number of para-hydroxylation sites is 1. The van der Waals surface area contributed by atoms with E-state index in [0.717, 1.165) is 26.8 Å². The van der Waals surface area contributed by atoms with Gasteiger partial charge in [0.05, 0.1) is 10.5 Å². The number of rotatable bonds is 1. The molecule has 0 bridgehead atoms. The number of pyridine rings is 1. The molecule has 0 aliphatic carbocycles. The molecule has 3 rings (SSSR count). The van der Waals surface area contributed by atoms with Crippen LogP contribution in [-0.2, 0) is 0 Å². The van der Waals surface area contributed by atoms with Gasteiger partial charge in [-0.1, -0.05) is 18.2 Å². The van der Waals surface area contributed by atoms with Gasteiger partial charge in [-0.2, -0.15) is 0 Å². The van der Waals surface area contributed by atoms with Crippen molar-refractivity contribution in [3.63, 3.8) is 0 Å². The van der Waals surface area contributed by atoms with Crippen LogP contribution in [0, 0.1) is 0 Å². The molecule has 0 unspecified atom stereocenters. The highest BCUT2D eigenvalue weighted by Crippen LogP contribution is 2.28. The van der Waals surface area contributed by atoms with Gasteiger partial charge in [-0.05, 0) is 12.3 Å². The summed E-state index contributed by atoms with van der Waals surface area (Å²) in [5, 5.41) is 2.97. The van der Waals surface area contributed by atoms with Crippen LogP contribution < -0.4 is 5.56 Å². The van der Waals surface area contributed by atoms with Crippen molar-refractivity contribution in [1.82, 2.24) is 9.97 Å². The predicted octanol–water partition coefficient (Wildman–Crippen LogP) is 2.73. The highest BCUT2D eigenvalue weighted by Gasteiger charge is 2.08. The molecule has 16 heavy (non-hydrogen) atoms. The molecule has 0 aliphatic rings. The van der Waals surface area contributed by atoms with Crippen LogP contribution in [-0.4, -0.2) is 16.2 Å². The maximum absolute atomic E-state index is 11.5. The average molecular weight is 230 g/mol. The molecule has 0 fully saturated rings. The van der Waals surface area contributed by atoms with E-state index in [2.05, 4.69) is 9.97 Å². The minimum atomic E-state index is -0.0541. The van der Waals surface area contributed by atoms with Gasteiger partial charge in [0, 0.05) is 22.4 Å². The third-order valence-electron chi connectivity index (χ3n) is 2.69. The highest BCUT2D eigenvalue weighted by molar-refractivity contribution is 7.98. The number of H-pyrrole nitrogens is 2. The van der Waals surface area contributed by atoms with Crippen molar-refractivity contribution in [1.29, 1.82) is 0 Å². The summed E-state index contributed by atoms with van der Waals surface area (Å²) in [7, 11) is 0. The lowest BCUT2D eigenvalue weighted by Gasteiger charge is -1.97. The van der Waals surface area contributed by atoms with E-state index < -0.39 is 0 Å². The monoisotopic (exact) mass is 230 g/mol. The van der Waals surface area contributed by atoms with E-state index in [9.17, 15) is 4.79 Å². The van der Waals surface area contributed by atoms with E-state index >= 15 is 0 Å². The lowest BCUT2D eigenvalue weighted by molar-refractivity contribution is 1.11. The molecule has 3 nitrogen and oxygen atoms in total. The van der Waals surface area contributed by atoms with Crippen LogP contribution in [0.15, 0.2) is 40.2 Å². The predicted molar refractivity (Wildman–Crippen MR) is 68.2 cm³/mol. The number of benzene rings is 1. The van der Waals surface area contributed by atoms with Crippen molar-refractivity contribution in [2.45, 2.75) is 5.03 Å². The first kappa shape index (κ1) is 9.54. The molecule has 0 atom stereocenters. The third kappa shape index (κ3) is 1.27. The van der Waals surface area contributed by atoms with Gasteiger partial charge < -0.3 is 9.97 Å². The van der Waals surface area contributed by atoms with Gasteiger partial charge in [0.15, 0.2) is 0 Å². The van der Waals surface area contributed by atoms with Crippen molar-refractivity contribution < 1.29 is 0 Å². The first-order valence-corrected chi connectivity index (χ1v) is 6.20. The second kappa shape index (κ2) is 3.42. The summed E-state index contributed by atoms with van der Waals surface area (Å²) in [6.07, 6.45) is 1.95. The Morgan fingerprint density at radius 2 is 1.94 bits per heavy atom. The van der Waals surface area contributed by atoms with Crippen molar-refractivity contribution in [3.8, 4) is 0 Å². The number of fused-ring (bicyclic) bond motifs is 3. The lowest BCUT2D eigenvalue weighted by atomic mass is 10.2. The van der Waals surface area contributed by atoms with E-state index in [4.69, 9.17) is 0 Å². The maximum atomic E-state index is 11.5. The Morgan fingerprint density at radius 3 is 2.75 bits per heavy atom. The van der Waals surface area contributed by atoms with Crippen molar-refractivity contribution >= 4 is 33.6 Å². The Hall–Kier alpha value is -1.68. The van der Waals surface area contributed by atoms with Gasteiger partial charge in [-0.15, -0.1) is 11.8 Å². The SMILES string of the molecule is CSc1[nH]c(=O)cc2c1[nH]c1ccccc12. The number of aromatic nitrogens is 2. The fourth-order valence-electron chi connectivity index (χ4n) is 1.99. The standard InChI is InChI=1S/C12H10N2OS/c1-16-12-11-8(6-10(15)14-12)7-4-2-3-5-9(7)13-11/h2-6,13H,1H3,(H,14,15). The zero-order chi connectivity index (χ0) is 11.1. The number of aromatic amines is 2. The summed E-state index contributed by atoms with van der Waals surface area (Å²) >= 11 is 1.54. The normalized spacial score (nSPS) is 11.3. The van der Waals surface area contributed by atoms with Crippen LogP contribution in [0.3, 0.4) is 0 Å². The highest BCUT2D eigenvalue weighted by atomic mass is 32.2. The smallest absolute Gasteiger partial charge is 0.249 e. The van der Waals surface area contributed by atoms with E-state index in [0.29, 0.717) is 0 Å². The first-order valence-electron chi connectivity index (χ1n) is 4.97. The van der Waals surface area contributed by atoms with Crippen LogP contribution >= 0.6 is 11.8 Å². The number of thioether (sulfide) groups is 1. The van der Waals surface area contributed by atoms with E-state index in [1.165, 1.54) is 0 Å². The van der Waals surface area contributed by atoms with Crippen molar-refractivity contribution in [2.75, 3.05) is 6.26 Å². The molecule has 4 heteroatoms. The van der Waals surface area contributed by atoms with Crippen LogP contribution in [0.5, 0.6) is 0 Å². The van der Waals surface area contributed by atoms with Gasteiger partial charge in [-0.25, -0.2) is 0 Å². The number of hydrogen-bond acceptors (Lipinski definition) is 2. The molecule has 3 aromatic rings. The fourth-order valence-corrected chi connectivity index (χ4v) is 2.56. The van der Waals surface area contributed by atoms with E-state index in [1.54, 1.807) is 17.8 Å². The summed E-state index contributed by atoms with van der Waals surface area (Å²) in [5.74, 6) is 0. The average Bonchev–Trinajstić information content (AvgIpc) is 2.67. The summed E-state index contributed by atoms with van der Waals surface area (Å²) in [5.41, 5.74) is 2.02. The molecule has 0 saturated heterocycles. The molecule has 0 amide bonds. The van der Waals surface area contributed by atoms with Gasteiger partial charge >= 0.3 is 0 Å². The molecule has 2 aromatic heterocycles.